The molecule has 1 aliphatic heterocycles. The molecule has 0 aliphatic carbocycles. The molecule has 19 heavy (non-hydrogen) atoms. The molecule has 6 nitrogen and oxygen atoms in total. The lowest BCUT2D eigenvalue weighted by Gasteiger charge is -2.09. The normalized spacial score (nSPS) is 14.1. The van der Waals surface area contributed by atoms with E-state index in [0.717, 1.165) is 42.5 Å². The summed E-state index contributed by atoms with van der Waals surface area (Å²) in [4.78, 5) is 4.06. The fourth-order valence-corrected chi connectivity index (χ4v) is 1.96. The van der Waals surface area contributed by atoms with Crippen LogP contribution in [0.1, 0.15) is 17.8 Å². The molecule has 2 heterocycles. The van der Waals surface area contributed by atoms with Crippen LogP contribution >= 0.6 is 0 Å². The van der Waals surface area contributed by atoms with Crippen molar-refractivity contribution >= 4 is 0 Å². The van der Waals surface area contributed by atoms with Crippen LogP contribution in [-0.2, 0) is 13.1 Å². The second kappa shape index (κ2) is 5.71. The Labute approximate surface area is 111 Å². The zero-order valence-electron chi connectivity index (χ0n) is 10.6. The Morgan fingerprint density at radius 2 is 2.05 bits per heavy atom. The standard InChI is InChI=1S/C13H16N4O2/c1-4-18-11-3-2-10(6-12(11)19-5-1)7-14-8-13-15-9-16-17-13/h2-3,6,9,14H,1,4-5,7-8H2,(H,15,16,17). The molecule has 1 aromatic carbocycles. The molecule has 0 radical (unpaired) electrons. The molecule has 100 valence electrons. The van der Waals surface area contributed by atoms with Gasteiger partial charge in [-0.3, -0.25) is 5.10 Å². The molecule has 0 fully saturated rings. The van der Waals surface area contributed by atoms with Crippen molar-refractivity contribution in [1.29, 1.82) is 0 Å². The average Bonchev–Trinajstić information content (AvgIpc) is 2.83. The number of nitrogens with one attached hydrogen (secondary N) is 2. The van der Waals surface area contributed by atoms with Crippen molar-refractivity contribution < 1.29 is 9.47 Å². The molecule has 1 aromatic heterocycles. The highest BCUT2D eigenvalue weighted by molar-refractivity contribution is 5.43. The number of fused-ring (bicyclic) bond motifs is 1. The summed E-state index contributed by atoms with van der Waals surface area (Å²) in [5, 5.41) is 9.91. The van der Waals surface area contributed by atoms with E-state index in [1.165, 1.54) is 6.33 Å². The van der Waals surface area contributed by atoms with Crippen molar-refractivity contribution in [3.05, 3.63) is 35.9 Å². The van der Waals surface area contributed by atoms with Crippen LogP contribution in [0.3, 0.4) is 0 Å². The van der Waals surface area contributed by atoms with E-state index in [9.17, 15) is 0 Å². The van der Waals surface area contributed by atoms with Crippen molar-refractivity contribution in [3.63, 3.8) is 0 Å². The van der Waals surface area contributed by atoms with Gasteiger partial charge in [-0.05, 0) is 17.7 Å². The van der Waals surface area contributed by atoms with E-state index in [1.807, 2.05) is 18.2 Å². The first-order valence-corrected chi connectivity index (χ1v) is 6.35. The summed E-state index contributed by atoms with van der Waals surface area (Å²) in [7, 11) is 0. The third-order valence-corrected chi connectivity index (χ3v) is 2.90. The lowest BCUT2D eigenvalue weighted by atomic mass is 10.2. The van der Waals surface area contributed by atoms with Gasteiger partial charge in [-0.25, -0.2) is 4.98 Å². The third kappa shape index (κ3) is 3.03. The van der Waals surface area contributed by atoms with E-state index in [1.54, 1.807) is 0 Å². The highest BCUT2D eigenvalue weighted by atomic mass is 16.5. The van der Waals surface area contributed by atoms with E-state index in [0.29, 0.717) is 13.2 Å². The number of hydrogen-bond donors (Lipinski definition) is 2. The van der Waals surface area contributed by atoms with Crippen molar-refractivity contribution in [1.82, 2.24) is 20.5 Å². The minimum Gasteiger partial charge on any atom is -0.490 e. The van der Waals surface area contributed by atoms with Crippen molar-refractivity contribution in [3.8, 4) is 11.5 Å². The minimum absolute atomic E-state index is 0.661. The maximum Gasteiger partial charge on any atom is 0.161 e. The van der Waals surface area contributed by atoms with Gasteiger partial charge >= 0.3 is 0 Å². The number of nitrogens with zero attached hydrogens (tertiary/aromatic N) is 2. The second-order valence-electron chi connectivity index (χ2n) is 4.37. The van der Waals surface area contributed by atoms with Gasteiger partial charge in [0.05, 0.1) is 19.8 Å². The Morgan fingerprint density at radius 3 is 2.89 bits per heavy atom. The Kier molecular flexibility index (Phi) is 3.60. The summed E-state index contributed by atoms with van der Waals surface area (Å²) in [5.41, 5.74) is 1.16. The molecule has 0 spiro atoms. The van der Waals surface area contributed by atoms with Gasteiger partial charge < -0.3 is 14.8 Å². The molecule has 1 aliphatic rings. The SMILES string of the molecule is c1n[nH]c(CNCc2ccc3c(c2)OCCCO3)n1. The molecule has 2 N–H and O–H groups in total. The van der Waals surface area contributed by atoms with Gasteiger partial charge in [-0.1, -0.05) is 6.07 Å². The van der Waals surface area contributed by atoms with Gasteiger partial charge in [0.15, 0.2) is 11.5 Å². The second-order valence-corrected chi connectivity index (χ2v) is 4.37. The summed E-state index contributed by atoms with van der Waals surface area (Å²) in [6, 6.07) is 6.03. The number of aromatic amines is 1. The number of benzene rings is 1. The highest BCUT2D eigenvalue weighted by Gasteiger charge is 2.10. The van der Waals surface area contributed by atoms with E-state index < -0.39 is 0 Å². The molecule has 0 unspecified atom stereocenters. The fourth-order valence-electron chi connectivity index (χ4n) is 1.96. The summed E-state index contributed by atoms with van der Waals surface area (Å²) in [6.45, 7) is 2.84. The smallest absolute Gasteiger partial charge is 0.161 e. The predicted molar refractivity (Wildman–Crippen MR) is 69.0 cm³/mol. The molecule has 0 saturated carbocycles. The van der Waals surface area contributed by atoms with Crippen molar-refractivity contribution in [2.75, 3.05) is 13.2 Å². The number of aromatic nitrogens is 3. The topological polar surface area (TPSA) is 72.1 Å². The van der Waals surface area contributed by atoms with Crippen LogP contribution in [0, 0.1) is 0 Å². The molecule has 0 bridgehead atoms. The quantitative estimate of drug-likeness (QED) is 0.865. The van der Waals surface area contributed by atoms with Crippen LogP contribution in [0.25, 0.3) is 0 Å². The first-order chi connectivity index (χ1) is 9.42. The van der Waals surface area contributed by atoms with Gasteiger partial charge in [0.2, 0.25) is 0 Å². The van der Waals surface area contributed by atoms with E-state index in [4.69, 9.17) is 9.47 Å². The van der Waals surface area contributed by atoms with Gasteiger partial charge in [0, 0.05) is 13.0 Å². The summed E-state index contributed by atoms with van der Waals surface area (Å²) < 4.78 is 11.3. The molecule has 0 atom stereocenters. The van der Waals surface area contributed by atoms with Crippen LogP contribution in [-0.4, -0.2) is 28.4 Å². The van der Waals surface area contributed by atoms with E-state index >= 15 is 0 Å². The Hall–Kier alpha value is -2.08. The largest absolute Gasteiger partial charge is 0.490 e. The van der Waals surface area contributed by atoms with Crippen LogP contribution < -0.4 is 14.8 Å². The summed E-state index contributed by atoms with van der Waals surface area (Å²) in [6.07, 6.45) is 2.43. The lowest BCUT2D eigenvalue weighted by Crippen LogP contribution is -2.13. The Bertz CT molecular complexity index is 527. The Balaban J connectivity index is 1.60. The fraction of sp³-hybridized carbons (Fsp3) is 0.385. The summed E-state index contributed by atoms with van der Waals surface area (Å²) >= 11 is 0. The van der Waals surface area contributed by atoms with Gasteiger partial charge in [-0.15, -0.1) is 0 Å². The van der Waals surface area contributed by atoms with Crippen LogP contribution in [0.15, 0.2) is 24.5 Å². The maximum absolute atomic E-state index is 5.66. The van der Waals surface area contributed by atoms with Crippen molar-refractivity contribution in [2.45, 2.75) is 19.5 Å². The molecule has 3 rings (SSSR count). The number of hydrogen-bond acceptors (Lipinski definition) is 5. The third-order valence-electron chi connectivity index (χ3n) is 2.90. The first-order valence-electron chi connectivity index (χ1n) is 6.35. The van der Waals surface area contributed by atoms with Crippen LogP contribution in [0.2, 0.25) is 0 Å². The first kappa shape index (κ1) is 12.0. The molecule has 2 aromatic rings. The minimum atomic E-state index is 0.661. The number of rotatable bonds is 4. The van der Waals surface area contributed by atoms with Gasteiger partial charge in [0.1, 0.15) is 12.2 Å². The van der Waals surface area contributed by atoms with Gasteiger partial charge in [-0.2, -0.15) is 5.10 Å². The molecule has 0 amide bonds. The zero-order valence-corrected chi connectivity index (χ0v) is 10.6. The highest BCUT2D eigenvalue weighted by Crippen LogP contribution is 2.30. The molecule has 0 saturated heterocycles. The molecular weight excluding hydrogens is 244 g/mol. The summed E-state index contributed by atoms with van der Waals surface area (Å²) in [5.74, 6) is 2.49. The predicted octanol–water partition coefficient (Wildman–Crippen LogP) is 1.26. The number of ether oxygens (including phenoxy) is 2. The monoisotopic (exact) mass is 260 g/mol. The van der Waals surface area contributed by atoms with E-state index in [2.05, 4.69) is 20.5 Å². The lowest BCUT2D eigenvalue weighted by molar-refractivity contribution is 0.297. The zero-order chi connectivity index (χ0) is 12.9. The van der Waals surface area contributed by atoms with Crippen LogP contribution in [0.5, 0.6) is 11.5 Å². The van der Waals surface area contributed by atoms with E-state index in [-0.39, 0.29) is 0 Å². The van der Waals surface area contributed by atoms with Crippen LogP contribution in [0.4, 0.5) is 0 Å². The maximum atomic E-state index is 5.66. The Morgan fingerprint density at radius 1 is 1.16 bits per heavy atom. The van der Waals surface area contributed by atoms with Crippen molar-refractivity contribution in [2.24, 2.45) is 0 Å². The molecular formula is C13H16N4O2. The molecule has 6 heteroatoms. The number of H-pyrrole nitrogens is 1. The van der Waals surface area contributed by atoms with Gasteiger partial charge in [0.25, 0.3) is 0 Å². The average molecular weight is 260 g/mol.